The van der Waals surface area contributed by atoms with Crippen molar-refractivity contribution in [2.75, 3.05) is 12.4 Å². The Morgan fingerprint density at radius 2 is 1.85 bits per heavy atom. The summed E-state index contributed by atoms with van der Waals surface area (Å²) in [7, 11) is 1.31. The highest BCUT2D eigenvalue weighted by Gasteiger charge is 2.10. The van der Waals surface area contributed by atoms with Gasteiger partial charge in [0.1, 0.15) is 0 Å². The molecule has 1 N–H and O–H groups in total. The summed E-state index contributed by atoms with van der Waals surface area (Å²) in [5.74, 6) is -0.319. The maximum absolute atomic E-state index is 12.3. The van der Waals surface area contributed by atoms with Crippen LogP contribution in [0.2, 0.25) is 5.02 Å². The molecule has 0 aliphatic rings. The first-order chi connectivity index (χ1) is 12.5. The summed E-state index contributed by atoms with van der Waals surface area (Å²) < 4.78 is 6.34. The first-order valence-corrected chi connectivity index (χ1v) is 8.20. The molecule has 0 unspecified atom stereocenters. The molecule has 0 aliphatic heterocycles. The Morgan fingerprint density at radius 1 is 1.12 bits per heavy atom. The van der Waals surface area contributed by atoms with E-state index in [-0.39, 0.29) is 5.91 Å². The highest BCUT2D eigenvalue weighted by Crippen LogP contribution is 2.13. The molecule has 3 rings (SSSR count). The number of carbonyl (C=O) groups excluding carboxylic acids is 2. The second-order valence-electron chi connectivity index (χ2n) is 5.55. The summed E-state index contributed by atoms with van der Waals surface area (Å²) in [6.07, 6.45) is 1.77. The van der Waals surface area contributed by atoms with Crippen LogP contribution in [-0.2, 0) is 11.3 Å². The number of amides is 1. The maximum atomic E-state index is 12.3. The Labute approximate surface area is 155 Å². The number of aromatic nitrogens is 2. The van der Waals surface area contributed by atoms with Crippen molar-refractivity contribution in [3.05, 3.63) is 82.5 Å². The zero-order valence-electron chi connectivity index (χ0n) is 14.0. The van der Waals surface area contributed by atoms with Gasteiger partial charge in [0, 0.05) is 22.8 Å². The fourth-order valence-electron chi connectivity index (χ4n) is 2.40. The van der Waals surface area contributed by atoms with Crippen LogP contribution in [0.3, 0.4) is 0 Å². The van der Waals surface area contributed by atoms with Gasteiger partial charge in [0.05, 0.1) is 19.2 Å². The lowest BCUT2D eigenvalue weighted by Gasteiger charge is -2.04. The molecule has 1 heterocycles. The van der Waals surface area contributed by atoms with Crippen LogP contribution in [0.5, 0.6) is 0 Å². The molecule has 0 aliphatic carbocycles. The third-order valence-corrected chi connectivity index (χ3v) is 3.92. The fourth-order valence-corrected chi connectivity index (χ4v) is 2.62. The van der Waals surface area contributed by atoms with Crippen molar-refractivity contribution in [2.45, 2.75) is 6.54 Å². The Morgan fingerprint density at radius 3 is 2.54 bits per heavy atom. The molecular formula is C19H16ClN3O3. The number of halogens is 1. The molecule has 26 heavy (non-hydrogen) atoms. The fraction of sp³-hybridized carbons (Fsp3) is 0.105. The molecule has 6 nitrogen and oxygen atoms in total. The number of anilines is 1. The number of ether oxygens (including phenoxy) is 1. The summed E-state index contributed by atoms with van der Waals surface area (Å²) in [6, 6.07) is 15.4. The van der Waals surface area contributed by atoms with Gasteiger partial charge in [0.25, 0.3) is 5.91 Å². The van der Waals surface area contributed by atoms with Gasteiger partial charge in [-0.25, -0.2) is 4.79 Å². The predicted molar refractivity (Wildman–Crippen MR) is 98.5 cm³/mol. The number of nitrogens with zero attached hydrogens (tertiary/aromatic N) is 2. The van der Waals surface area contributed by atoms with E-state index in [1.807, 2.05) is 24.3 Å². The zero-order valence-corrected chi connectivity index (χ0v) is 14.7. The van der Waals surface area contributed by atoms with E-state index in [0.29, 0.717) is 28.5 Å². The zero-order chi connectivity index (χ0) is 18.5. The summed E-state index contributed by atoms with van der Waals surface area (Å²) in [4.78, 5) is 23.7. The van der Waals surface area contributed by atoms with Gasteiger partial charge < -0.3 is 10.1 Å². The molecule has 1 aromatic heterocycles. The van der Waals surface area contributed by atoms with Crippen LogP contribution < -0.4 is 5.32 Å². The standard InChI is InChI=1S/C19H16ClN3O3/c1-26-19(25)15-7-5-14(6-8-15)18(24)21-17-9-10-23(22-17)12-13-3-2-4-16(20)11-13/h2-11H,12H2,1H3,(H,21,22,24). The van der Waals surface area contributed by atoms with Crippen molar-refractivity contribution in [1.29, 1.82) is 0 Å². The van der Waals surface area contributed by atoms with E-state index in [1.165, 1.54) is 7.11 Å². The number of esters is 1. The highest BCUT2D eigenvalue weighted by atomic mass is 35.5. The Kier molecular flexibility index (Phi) is 5.34. The van der Waals surface area contributed by atoms with Crippen LogP contribution in [0.4, 0.5) is 5.82 Å². The Balaban J connectivity index is 1.65. The van der Waals surface area contributed by atoms with Gasteiger partial charge >= 0.3 is 5.97 Å². The maximum Gasteiger partial charge on any atom is 0.337 e. The van der Waals surface area contributed by atoms with Gasteiger partial charge in [-0.05, 0) is 42.0 Å². The number of benzene rings is 2. The van der Waals surface area contributed by atoms with Crippen LogP contribution >= 0.6 is 11.6 Å². The normalized spacial score (nSPS) is 10.4. The van der Waals surface area contributed by atoms with E-state index in [1.54, 1.807) is 41.2 Å². The number of hydrogen-bond donors (Lipinski definition) is 1. The number of rotatable bonds is 5. The Hall–Kier alpha value is -3.12. The average Bonchev–Trinajstić information content (AvgIpc) is 3.08. The van der Waals surface area contributed by atoms with E-state index in [9.17, 15) is 9.59 Å². The molecule has 132 valence electrons. The molecule has 0 spiro atoms. The van der Waals surface area contributed by atoms with Crippen molar-refractivity contribution < 1.29 is 14.3 Å². The molecule has 2 aromatic carbocycles. The lowest BCUT2D eigenvalue weighted by molar-refractivity contribution is 0.0600. The van der Waals surface area contributed by atoms with Crippen molar-refractivity contribution >= 4 is 29.3 Å². The average molecular weight is 370 g/mol. The minimum Gasteiger partial charge on any atom is -0.465 e. The minimum atomic E-state index is -0.447. The van der Waals surface area contributed by atoms with Gasteiger partial charge in [-0.3, -0.25) is 9.48 Å². The van der Waals surface area contributed by atoms with Gasteiger partial charge in [-0.15, -0.1) is 0 Å². The predicted octanol–water partition coefficient (Wildman–Crippen LogP) is 3.62. The summed E-state index contributed by atoms with van der Waals surface area (Å²) >= 11 is 5.98. The summed E-state index contributed by atoms with van der Waals surface area (Å²) in [5.41, 5.74) is 1.81. The smallest absolute Gasteiger partial charge is 0.337 e. The van der Waals surface area contributed by atoms with Crippen molar-refractivity contribution in [2.24, 2.45) is 0 Å². The van der Waals surface area contributed by atoms with E-state index >= 15 is 0 Å². The first-order valence-electron chi connectivity index (χ1n) is 7.83. The quantitative estimate of drug-likeness (QED) is 0.697. The molecule has 0 saturated heterocycles. The minimum absolute atomic E-state index is 0.311. The second kappa shape index (κ2) is 7.84. The lowest BCUT2D eigenvalue weighted by Crippen LogP contribution is -2.13. The van der Waals surface area contributed by atoms with Crippen molar-refractivity contribution in [1.82, 2.24) is 9.78 Å². The number of nitrogens with one attached hydrogen (secondary N) is 1. The summed E-state index contributed by atoms with van der Waals surface area (Å²) in [5, 5.41) is 7.72. The third kappa shape index (κ3) is 4.29. The van der Waals surface area contributed by atoms with Crippen LogP contribution in [0.1, 0.15) is 26.3 Å². The highest BCUT2D eigenvalue weighted by molar-refractivity contribution is 6.30. The Bertz CT molecular complexity index is 935. The van der Waals surface area contributed by atoms with E-state index in [4.69, 9.17) is 11.6 Å². The number of hydrogen-bond acceptors (Lipinski definition) is 4. The molecule has 0 radical (unpaired) electrons. The van der Waals surface area contributed by atoms with E-state index in [0.717, 1.165) is 5.56 Å². The first kappa shape index (κ1) is 17.7. The van der Waals surface area contributed by atoms with Crippen LogP contribution in [0.25, 0.3) is 0 Å². The SMILES string of the molecule is COC(=O)c1ccc(C(=O)Nc2ccn(Cc3cccc(Cl)c3)n2)cc1. The number of carbonyl (C=O) groups is 2. The number of methoxy groups -OCH3 is 1. The van der Waals surface area contributed by atoms with E-state index < -0.39 is 5.97 Å². The second-order valence-corrected chi connectivity index (χ2v) is 5.99. The molecule has 0 fully saturated rings. The summed E-state index contributed by atoms with van der Waals surface area (Å²) in [6.45, 7) is 0.546. The molecular weight excluding hydrogens is 354 g/mol. The lowest BCUT2D eigenvalue weighted by atomic mass is 10.1. The third-order valence-electron chi connectivity index (χ3n) is 3.68. The van der Waals surface area contributed by atoms with Crippen LogP contribution in [-0.4, -0.2) is 28.8 Å². The molecule has 0 saturated carbocycles. The van der Waals surface area contributed by atoms with Gasteiger partial charge in [0.15, 0.2) is 5.82 Å². The molecule has 3 aromatic rings. The van der Waals surface area contributed by atoms with Crippen molar-refractivity contribution in [3.8, 4) is 0 Å². The van der Waals surface area contributed by atoms with Gasteiger partial charge in [0.2, 0.25) is 0 Å². The van der Waals surface area contributed by atoms with Crippen molar-refractivity contribution in [3.63, 3.8) is 0 Å². The molecule has 0 atom stereocenters. The largest absolute Gasteiger partial charge is 0.465 e. The van der Waals surface area contributed by atoms with E-state index in [2.05, 4.69) is 15.2 Å². The molecule has 1 amide bonds. The van der Waals surface area contributed by atoms with Crippen LogP contribution in [0, 0.1) is 0 Å². The molecule has 0 bridgehead atoms. The van der Waals surface area contributed by atoms with Gasteiger partial charge in [-0.2, -0.15) is 5.10 Å². The topological polar surface area (TPSA) is 73.2 Å². The molecule has 7 heteroatoms. The monoisotopic (exact) mass is 369 g/mol. The van der Waals surface area contributed by atoms with Gasteiger partial charge in [-0.1, -0.05) is 23.7 Å². The van der Waals surface area contributed by atoms with Crippen LogP contribution in [0.15, 0.2) is 60.8 Å².